The average molecular weight is 294 g/mol. The number of benzene rings is 1. The van der Waals surface area contributed by atoms with E-state index in [0.29, 0.717) is 0 Å². The van der Waals surface area contributed by atoms with Gasteiger partial charge in [-0.2, -0.15) is 5.26 Å². The highest BCUT2D eigenvalue weighted by Crippen LogP contribution is 2.31. The van der Waals surface area contributed by atoms with Crippen molar-refractivity contribution in [2.45, 2.75) is 12.2 Å². The zero-order valence-corrected chi connectivity index (χ0v) is 10.3. The summed E-state index contributed by atoms with van der Waals surface area (Å²) in [5.74, 6) is -2.05. The van der Waals surface area contributed by atoms with Gasteiger partial charge in [0.15, 0.2) is 0 Å². The third kappa shape index (κ3) is 3.76. The minimum absolute atomic E-state index is 0.135. The van der Waals surface area contributed by atoms with Crippen molar-refractivity contribution < 1.29 is 27.4 Å². The topological polar surface area (TPSA) is 59.3 Å². The summed E-state index contributed by atoms with van der Waals surface area (Å²) < 4.78 is 44.9. The van der Waals surface area contributed by atoms with Gasteiger partial charge >= 0.3 is 12.3 Å². The molecule has 0 bridgehead atoms. The van der Waals surface area contributed by atoms with Crippen molar-refractivity contribution in [1.29, 1.82) is 5.26 Å². The van der Waals surface area contributed by atoms with Crippen LogP contribution in [0.4, 0.5) is 13.2 Å². The summed E-state index contributed by atoms with van der Waals surface area (Å²) in [7, 11) is 0.982. The van der Waals surface area contributed by atoms with Crippen LogP contribution < -0.4 is 4.74 Å². The van der Waals surface area contributed by atoms with Crippen molar-refractivity contribution >= 4 is 17.6 Å². The fourth-order valence-electron chi connectivity index (χ4n) is 1.36. The van der Waals surface area contributed by atoms with E-state index >= 15 is 0 Å². The van der Waals surface area contributed by atoms with E-state index in [2.05, 4.69) is 9.47 Å². The van der Waals surface area contributed by atoms with Gasteiger partial charge in [-0.1, -0.05) is 0 Å². The first kappa shape index (κ1) is 15.1. The molecule has 0 N–H and O–H groups in total. The first-order valence-electron chi connectivity index (χ1n) is 4.79. The molecule has 102 valence electrons. The van der Waals surface area contributed by atoms with Gasteiger partial charge in [-0.15, -0.1) is 24.8 Å². The number of halogens is 4. The van der Waals surface area contributed by atoms with Gasteiger partial charge in [0.2, 0.25) is 0 Å². The minimum Gasteiger partial charge on any atom is -0.465 e. The molecule has 0 saturated carbocycles. The monoisotopic (exact) mass is 293 g/mol. The lowest BCUT2D eigenvalue weighted by Gasteiger charge is -2.14. The molecule has 0 amide bonds. The second-order valence-corrected chi connectivity index (χ2v) is 3.57. The number of nitrogens with zero attached hydrogens (tertiary/aromatic N) is 1. The Kier molecular flexibility index (Phi) is 4.62. The first-order valence-corrected chi connectivity index (χ1v) is 5.33. The highest BCUT2D eigenvalue weighted by Gasteiger charge is 2.34. The Morgan fingerprint density at radius 1 is 1.47 bits per heavy atom. The number of nitriles is 1. The van der Waals surface area contributed by atoms with E-state index in [4.69, 9.17) is 16.9 Å². The lowest BCUT2D eigenvalue weighted by Crippen LogP contribution is -2.20. The predicted molar refractivity (Wildman–Crippen MR) is 58.7 cm³/mol. The quantitative estimate of drug-likeness (QED) is 0.635. The van der Waals surface area contributed by atoms with Gasteiger partial charge in [0.05, 0.1) is 12.7 Å². The Balaban J connectivity index is 3.47. The van der Waals surface area contributed by atoms with Crippen molar-refractivity contribution in [3.63, 3.8) is 0 Å². The second kappa shape index (κ2) is 5.80. The molecule has 0 aliphatic carbocycles. The fraction of sp³-hybridized carbons (Fsp3) is 0.273. The third-order valence-electron chi connectivity index (χ3n) is 2.05. The van der Waals surface area contributed by atoms with E-state index in [0.717, 1.165) is 13.2 Å². The number of carbonyl (C=O) groups excluding carboxylic acids is 1. The first-order chi connectivity index (χ1) is 8.82. The molecule has 0 spiro atoms. The van der Waals surface area contributed by atoms with Crippen LogP contribution in [0, 0.1) is 11.3 Å². The molecule has 0 aliphatic heterocycles. The number of alkyl halides is 4. The third-order valence-corrected chi connectivity index (χ3v) is 2.36. The molecular formula is C11H7ClF3NO3. The number of esters is 1. The van der Waals surface area contributed by atoms with Gasteiger partial charge in [0.25, 0.3) is 0 Å². The summed E-state index contributed by atoms with van der Waals surface area (Å²) >= 11 is 5.50. The van der Waals surface area contributed by atoms with Crippen LogP contribution in [-0.4, -0.2) is 19.4 Å². The molecule has 0 aliphatic rings. The molecule has 0 fully saturated rings. The molecule has 1 aromatic rings. The molecule has 1 aromatic carbocycles. The van der Waals surface area contributed by atoms with Gasteiger partial charge in [0, 0.05) is 5.88 Å². The number of ether oxygens (including phenoxy) is 2. The number of rotatable bonds is 3. The summed E-state index contributed by atoms with van der Waals surface area (Å²) in [5.41, 5.74) is -0.675. The van der Waals surface area contributed by atoms with Crippen molar-refractivity contribution in [2.24, 2.45) is 0 Å². The van der Waals surface area contributed by atoms with Crippen LogP contribution in [0.3, 0.4) is 0 Å². The highest BCUT2D eigenvalue weighted by molar-refractivity contribution is 6.17. The Morgan fingerprint density at radius 2 is 2.11 bits per heavy atom. The zero-order chi connectivity index (χ0) is 14.6. The predicted octanol–water partition coefficient (Wildman–Crippen LogP) is 2.98. The molecule has 0 unspecified atom stereocenters. The van der Waals surface area contributed by atoms with Gasteiger partial charge in [-0.25, -0.2) is 4.79 Å². The van der Waals surface area contributed by atoms with Gasteiger partial charge in [-0.3, -0.25) is 0 Å². The van der Waals surface area contributed by atoms with Crippen LogP contribution in [0.1, 0.15) is 21.5 Å². The smallest absolute Gasteiger partial charge is 0.465 e. The lowest BCUT2D eigenvalue weighted by molar-refractivity contribution is -0.274. The molecular weight excluding hydrogens is 287 g/mol. The lowest BCUT2D eigenvalue weighted by atomic mass is 10.0. The van der Waals surface area contributed by atoms with Crippen molar-refractivity contribution in [2.75, 3.05) is 7.11 Å². The van der Waals surface area contributed by atoms with Crippen LogP contribution in [0.2, 0.25) is 0 Å². The Bertz CT molecular complexity index is 537. The van der Waals surface area contributed by atoms with E-state index in [1.807, 2.05) is 0 Å². The van der Waals surface area contributed by atoms with Crippen LogP contribution in [0.25, 0.3) is 0 Å². The summed E-state index contributed by atoms with van der Waals surface area (Å²) in [6.45, 7) is 0. The molecule has 0 radical (unpaired) electrons. The Hall–Kier alpha value is -1.94. The zero-order valence-electron chi connectivity index (χ0n) is 9.55. The molecule has 4 nitrogen and oxygen atoms in total. The number of hydrogen-bond donors (Lipinski definition) is 0. The van der Waals surface area contributed by atoms with E-state index in [-0.39, 0.29) is 17.0 Å². The minimum atomic E-state index is -5.00. The summed E-state index contributed by atoms with van der Waals surface area (Å²) in [6, 6.07) is 3.74. The van der Waals surface area contributed by atoms with E-state index in [1.54, 1.807) is 6.07 Å². The van der Waals surface area contributed by atoms with Crippen LogP contribution in [0.5, 0.6) is 5.75 Å². The molecule has 0 saturated heterocycles. The van der Waals surface area contributed by atoms with E-state index in [1.165, 1.54) is 6.07 Å². The van der Waals surface area contributed by atoms with Crippen LogP contribution in [-0.2, 0) is 10.6 Å². The number of carbonyl (C=O) groups is 1. The number of hydrogen-bond acceptors (Lipinski definition) is 4. The molecule has 1 rings (SSSR count). The average Bonchev–Trinajstić information content (AvgIpc) is 2.34. The Morgan fingerprint density at radius 3 is 2.53 bits per heavy atom. The summed E-state index contributed by atoms with van der Waals surface area (Å²) in [4.78, 5) is 11.4. The normalized spacial score (nSPS) is 10.7. The highest BCUT2D eigenvalue weighted by atomic mass is 35.5. The second-order valence-electron chi connectivity index (χ2n) is 3.30. The van der Waals surface area contributed by atoms with Gasteiger partial charge in [0.1, 0.15) is 17.4 Å². The van der Waals surface area contributed by atoms with Crippen molar-refractivity contribution in [1.82, 2.24) is 0 Å². The van der Waals surface area contributed by atoms with E-state index in [9.17, 15) is 18.0 Å². The SMILES string of the molecule is COC(=O)c1c(C#N)cc(CCl)cc1OC(F)(F)F. The van der Waals surface area contributed by atoms with Crippen molar-refractivity contribution in [3.05, 3.63) is 28.8 Å². The standard InChI is InChI=1S/C11H7ClF3NO3/c1-18-10(17)9-7(5-16)2-6(4-12)3-8(9)19-11(13,14)15/h2-3H,4H2,1H3. The fourth-order valence-corrected chi connectivity index (χ4v) is 1.51. The molecule has 0 atom stereocenters. The molecule has 0 heterocycles. The van der Waals surface area contributed by atoms with Gasteiger partial charge in [-0.05, 0) is 17.7 Å². The summed E-state index contributed by atoms with van der Waals surface area (Å²) in [5, 5.41) is 8.87. The summed E-state index contributed by atoms with van der Waals surface area (Å²) in [6.07, 6.45) is -5.00. The Labute approximate surface area is 111 Å². The van der Waals surface area contributed by atoms with Crippen LogP contribution >= 0.6 is 11.6 Å². The molecule has 0 aromatic heterocycles. The van der Waals surface area contributed by atoms with Crippen LogP contribution in [0.15, 0.2) is 12.1 Å². The number of methoxy groups -OCH3 is 1. The molecule has 19 heavy (non-hydrogen) atoms. The largest absolute Gasteiger partial charge is 0.573 e. The van der Waals surface area contributed by atoms with Gasteiger partial charge < -0.3 is 9.47 Å². The van der Waals surface area contributed by atoms with E-state index < -0.39 is 23.6 Å². The van der Waals surface area contributed by atoms with Crippen molar-refractivity contribution in [3.8, 4) is 11.8 Å². The maximum Gasteiger partial charge on any atom is 0.573 e. The molecule has 8 heteroatoms. The maximum atomic E-state index is 12.3. The maximum absolute atomic E-state index is 12.3.